The lowest BCUT2D eigenvalue weighted by Gasteiger charge is -2.16. The molecule has 0 unspecified atom stereocenters. The first-order valence-electron chi connectivity index (χ1n) is 8.75. The number of allylic oxidation sites excluding steroid dienone is 2. The minimum Gasteiger partial charge on any atom is -0.394 e. The van der Waals surface area contributed by atoms with E-state index < -0.39 is 0 Å². The zero-order valence-corrected chi connectivity index (χ0v) is 15.8. The molecule has 0 aromatic carbocycles. The molecule has 0 bridgehead atoms. The zero-order chi connectivity index (χ0) is 19.1. The van der Waals surface area contributed by atoms with E-state index in [1.165, 1.54) is 5.22 Å². The lowest BCUT2D eigenvalue weighted by atomic mass is 10.00. The minimum atomic E-state index is 0.154. The van der Waals surface area contributed by atoms with E-state index in [0.717, 1.165) is 29.3 Å². The van der Waals surface area contributed by atoms with Gasteiger partial charge in [0.25, 0.3) is 0 Å². The molecule has 0 amide bonds. The van der Waals surface area contributed by atoms with Crippen LogP contribution in [-0.4, -0.2) is 49.1 Å². The van der Waals surface area contributed by atoms with Crippen LogP contribution in [0.4, 0.5) is 0 Å². The maximum atomic E-state index is 8.19. The molecule has 1 aromatic rings. The summed E-state index contributed by atoms with van der Waals surface area (Å²) in [7, 11) is 5.37. The van der Waals surface area contributed by atoms with Gasteiger partial charge in [0, 0.05) is 40.1 Å². The summed E-state index contributed by atoms with van der Waals surface area (Å²) in [6.07, 6.45) is 12.9. The topological polar surface area (TPSA) is 102 Å². The van der Waals surface area contributed by atoms with Crippen molar-refractivity contribution in [1.29, 1.82) is 10.8 Å². The molecular weight excluding hydrogens is 324 g/mol. The van der Waals surface area contributed by atoms with Crippen LogP contribution in [0.1, 0.15) is 24.8 Å². The third-order valence-corrected chi connectivity index (χ3v) is 4.30. The molecule has 0 aliphatic heterocycles. The van der Waals surface area contributed by atoms with Gasteiger partial charge in [-0.3, -0.25) is 15.8 Å². The highest BCUT2D eigenvalue weighted by Gasteiger charge is 2.12. The monoisotopic (exact) mass is 352 g/mol. The summed E-state index contributed by atoms with van der Waals surface area (Å²) in [6.45, 7) is 0.229. The predicted molar refractivity (Wildman–Crippen MR) is 110 cm³/mol. The van der Waals surface area contributed by atoms with Gasteiger partial charge in [0.15, 0.2) is 0 Å². The molecule has 0 spiro atoms. The Labute approximate surface area is 154 Å². The molecule has 1 heterocycles. The van der Waals surface area contributed by atoms with Gasteiger partial charge in [-0.25, -0.2) is 0 Å². The third kappa shape index (κ3) is 4.67. The summed E-state index contributed by atoms with van der Waals surface area (Å²) in [5.41, 5.74) is 8.76. The number of nitrogens with zero attached hydrogens (tertiary/aromatic N) is 2. The zero-order valence-electron chi connectivity index (χ0n) is 15.8. The first kappa shape index (κ1) is 19.6. The lowest BCUT2D eigenvalue weighted by molar-refractivity contribution is 0.626. The minimum absolute atomic E-state index is 0.154. The van der Waals surface area contributed by atoms with Crippen molar-refractivity contribution in [2.45, 2.75) is 19.3 Å². The van der Waals surface area contributed by atoms with Crippen LogP contribution in [-0.2, 0) is 0 Å². The average molecular weight is 352 g/mol. The molecule has 0 fully saturated rings. The largest absolute Gasteiger partial charge is 0.394 e. The second-order valence-electron chi connectivity index (χ2n) is 6.40. The average Bonchev–Trinajstić information content (AvgIpc) is 2.66. The number of pyridine rings is 1. The number of aromatic nitrogens is 1. The molecule has 5 N–H and O–H groups in total. The van der Waals surface area contributed by atoms with Crippen LogP contribution in [0.3, 0.4) is 0 Å². The highest BCUT2D eigenvalue weighted by molar-refractivity contribution is 6.45. The van der Waals surface area contributed by atoms with Crippen molar-refractivity contribution in [3.05, 3.63) is 46.2 Å². The third-order valence-electron chi connectivity index (χ3n) is 4.30. The lowest BCUT2D eigenvalue weighted by Crippen LogP contribution is -2.31. The van der Waals surface area contributed by atoms with Gasteiger partial charge < -0.3 is 16.0 Å². The van der Waals surface area contributed by atoms with Gasteiger partial charge in [0.05, 0.1) is 5.35 Å². The van der Waals surface area contributed by atoms with Crippen molar-refractivity contribution in [2.24, 2.45) is 5.73 Å². The van der Waals surface area contributed by atoms with Gasteiger partial charge in [0.2, 0.25) is 0 Å². The molecule has 0 atom stereocenters. The standard InChI is InChI=1S/C20H28N6/c1-24-12-16(9-8-15(11-21)19(22)20(23)26(2)3)17-10-14-6-4-5-7-18(14)25-13-17/h6-8,10,12-13,22-24H,4-5,9,11,21H2,1-3H3/b15-8+,16-12+,22-19?,23-20?. The maximum Gasteiger partial charge on any atom is 0.146 e. The molecule has 1 aliphatic carbocycles. The summed E-state index contributed by atoms with van der Waals surface area (Å²) in [4.78, 5) is 6.18. The maximum absolute atomic E-state index is 8.19. The van der Waals surface area contributed by atoms with Crippen LogP contribution in [0.5, 0.6) is 0 Å². The van der Waals surface area contributed by atoms with E-state index in [0.29, 0.717) is 12.0 Å². The molecule has 6 nitrogen and oxygen atoms in total. The smallest absolute Gasteiger partial charge is 0.146 e. The summed E-state index contributed by atoms with van der Waals surface area (Å²) >= 11 is 0. The molecule has 1 aromatic heterocycles. The summed E-state index contributed by atoms with van der Waals surface area (Å²) < 4.78 is 0. The highest BCUT2D eigenvalue weighted by Crippen LogP contribution is 2.17. The fourth-order valence-corrected chi connectivity index (χ4v) is 2.79. The Balaban J connectivity index is 2.30. The van der Waals surface area contributed by atoms with E-state index in [-0.39, 0.29) is 18.1 Å². The van der Waals surface area contributed by atoms with E-state index in [1.807, 2.05) is 25.5 Å². The van der Waals surface area contributed by atoms with Gasteiger partial charge >= 0.3 is 0 Å². The van der Waals surface area contributed by atoms with Crippen molar-refractivity contribution < 1.29 is 0 Å². The van der Waals surface area contributed by atoms with E-state index in [9.17, 15) is 0 Å². The van der Waals surface area contributed by atoms with E-state index in [1.54, 1.807) is 19.0 Å². The number of rotatable bonds is 7. The van der Waals surface area contributed by atoms with Crippen LogP contribution < -0.4 is 21.6 Å². The second-order valence-corrected chi connectivity index (χ2v) is 6.40. The molecule has 26 heavy (non-hydrogen) atoms. The Bertz CT molecular complexity index is 861. The Morgan fingerprint density at radius 1 is 1.31 bits per heavy atom. The summed E-state index contributed by atoms with van der Waals surface area (Å²) in [6, 6.07) is 2.16. The first-order valence-corrected chi connectivity index (χ1v) is 8.75. The molecule has 138 valence electrons. The van der Waals surface area contributed by atoms with Crippen molar-refractivity contribution in [2.75, 3.05) is 27.7 Å². The Hall–Kier alpha value is -2.73. The summed E-state index contributed by atoms with van der Waals surface area (Å²) in [5.74, 6) is 0.154. The van der Waals surface area contributed by atoms with Crippen molar-refractivity contribution in [3.63, 3.8) is 0 Å². The number of hydrogen-bond donors (Lipinski definition) is 4. The fourth-order valence-electron chi connectivity index (χ4n) is 2.79. The molecule has 6 heteroatoms. The van der Waals surface area contributed by atoms with Crippen LogP contribution in [0.15, 0.2) is 30.1 Å². The van der Waals surface area contributed by atoms with Crippen LogP contribution in [0.25, 0.3) is 17.7 Å². The number of nitrogens with two attached hydrogens (primary N) is 1. The second kappa shape index (κ2) is 9.10. The van der Waals surface area contributed by atoms with Crippen molar-refractivity contribution in [3.8, 4) is 0 Å². The van der Waals surface area contributed by atoms with Crippen molar-refractivity contribution in [1.82, 2.24) is 15.2 Å². The fraction of sp³-hybridized carbons (Fsp3) is 0.350. The SMILES string of the molecule is CN/C=C(\C/C=C(\CN)C(=N)C(=N)N(C)C)c1cnc2c(c1)=CCCC=2. The molecule has 0 saturated carbocycles. The highest BCUT2D eigenvalue weighted by atomic mass is 15.1. The van der Waals surface area contributed by atoms with E-state index >= 15 is 0 Å². The molecule has 0 radical (unpaired) electrons. The summed E-state index contributed by atoms with van der Waals surface area (Å²) in [5, 5.41) is 21.5. The van der Waals surface area contributed by atoms with Gasteiger partial charge in [-0.1, -0.05) is 18.2 Å². The van der Waals surface area contributed by atoms with E-state index in [4.69, 9.17) is 16.6 Å². The number of nitrogens with one attached hydrogen (secondary N) is 3. The van der Waals surface area contributed by atoms with Crippen molar-refractivity contribution >= 4 is 29.3 Å². The predicted octanol–water partition coefficient (Wildman–Crippen LogP) is 0.831. The first-order chi connectivity index (χ1) is 12.5. The molecular formula is C20H28N6. The molecule has 0 saturated heterocycles. The quantitative estimate of drug-likeness (QED) is 0.431. The van der Waals surface area contributed by atoms with Gasteiger partial charge in [-0.15, -0.1) is 0 Å². The number of amidine groups is 1. The normalized spacial score (nSPS) is 14.0. The Morgan fingerprint density at radius 2 is 2.04 bits per heavy atom. The Morgan fingerprint density at radius 3 is 2.69 bits per heavy atom. The molecule has 1 aliphatic rings. The van der Waals surface area contributed by atoms with Crippen LogP contribution in [0.2, 0.25) is 0 Å². The van der Waals surface area contributed by atoms with Gasteiger partial charge in [0.1, 0.15) is 11.5 Å². The van der Waals surface area contributed by atoms with E-state index in [2.05, 4.69) is 28.5 Å². The Kier molecular flexibility index (Phi) is 6.86. The molecule has 2 rings (SSSR count). The van der Waals surface area contributed by atoms with Gasteiger partial charge in [-0.05, 0) is 47.3 Å². The number of fused-ring (bicyclic) bond motifs is 1. The number of hydrogen-bond acceptors (Lipinski definition) is 5. The van der Waals surface area contributed by atoms with Gasteiger partial charge in [-0.2, -0.15) is 0 Å². The van der Waals surface area contributed by atoms with Crippen LogP contribution in [0, 0.1) is 10.8 Å². The van der Waals surface area contributed by atoms with Crippen LogP contribution >= 0.6 is 0 Å².